The van der Waals surface area contributed by atoms with Gasteiger partial charge in [-0.1, -0.05) is 24.3 Å². The van der Waals surface area contributed by atoms with Crippen molar-refractivity contribution in [3.63, 3.8) is 0 Å². The Kier molecular flexibility index (Phi) is 5.47. The molecular weight excluding hydrogens is 286 g/mol. The summed E-state index contributed by atoms with van der Waals surface area (Å²) in [6, 6.07) is 9.29. The van der Waals surface area contributed by atoms with E-state index in [0.29, 0.717) is 6.04 Å². The molecule has 1 aliphatic carbocycles. The van der Waals surface area contributed by atoms with E-state index in [1.807, 2.05) is 10.9 Å². The first-order chi connectivity index (χ1) is 11.3. The number of aliphatic hydroxyl groups is 1. The Bertz CT molecular complexity index is 623. The minimum Gasteiger partial charge on any atom is -0.396 e. The van der Waals surface area contributed by atoms with Gasteiger partial charge in [-0.15, -0.1) is 0 Å². The molecule has 0 saturated carbocycles. The molecule has 1 unspecified atom stereocenters. The lowest BCUT2D eigenvalue weighted by atomic mass is 9.86. The van der Waals surface area contributed by atoms with Gasteiger partial charge in [0.05, 0.1) is 6.20 Å². The van der Waals surface area contributed by atoms with E-state index in [9.17, 15) is 5.11 Å². The van der Waals surface area contributed by atoms with E-state index in [0.717, 1.165) is 26.1 Å². The maximum absolute atomic E-state index is 9.27. The molecule has 3 rings (SSSR count). The van der Waals surface area contributed by atoms with Gasteiger partial charge in [0.15, 0.2) is 0 Å². The number of hydrogen-bond acceptors (Lipinski definition) is 3. The third-order valence-corrected chi connectivity index (χ3v) is 4.78. The lowest BCUT2D eigenvalue weighted by molar-refractivity contribution is 0.152. The van der Waals surface area contributed by atoms with Gasteiger partial charge >= 0.3 is 0 Å². The summed E-state index contributed by atoms with van der Waals surface area (Å²) in [5, 5.41) is 13.7. The normalized spacial score (nSPS) is 17.4. The quantitative estimate of drug-likeness (QED) is 0.853. The summed E-state index contributed by atoms with van der Waals surface area (Å²) < 4.78 is 1.98. The standard InChI is InChI=1S/C19H27N3O/c1-2-22-15-16(13-20-22)14-21(11-6-12-23)19-10-5-8-17-7-3-4-9-18(17)19/h3-4,7,9,13,15,19,23H,2,5-6,8,10-12,14H2,1H3. The molecule has 0 amide bonds. The van der Waals surface area contributed by atoms with Gasteiger partial charge in [0.1, 0.15) is 0 Å². The van der Waals surface area contributed by atoms with Crippen LogP contribution in [0.3, 0.4) is 0 Å². The van der Waals surface area contributed by atoms with Gasteiger partial charge in [-0.2, -0.15) is 5.10 Å². The monoisotopic (exact) mass is 313 g/mol. The highest BCUT2D eigenvalue weighted by Crippen LogP contribution is 2.35. The van der Waals surface area contributed by atoms with E-state index in [4.69, 9.17) is 0 Å². The number of benzene rings is 1. The van der Waals surface area contributed by atoms with Crippen molar-refractivity contribution < 1.29 is 5.11 Å². The summed E-state index contributed by atoms with van der Waals surface area (Å²) in [6.45, 7) is 5.09. The van der Waals surface area contributed by atoms with E-state index >= 15 is 0 Å². The minimum atomic E-state index is 0.249. The van der Waals surface area contributed by atoms with Crippen molar-refractivity contribution in [2.24, 2.45) is 0 Å². The molecule has 1 heterocycles. The molecular formula is C19H27N3O. The van der Waals surface area contributed by atoms with Gasteiger partial charge in [-0.05, 0) is 43.7 Å². The van der Waals surface area contributed by atoms with Crippen LogP contribution in [0.5, 0.6) is 0 Å². The number of aliphatic hydroxyl groups excluding tert-OH is 1. The molecule has 0 fully saturated rings. The number of nitrogens with zero attached hydrogens (tertiary/aromatic N) is 3. The van der Waals surface area contributed by atoms with Gasteiger partial charge in [-0.25, -0.2) is 0 Å². The molecule has 2 aromatic rings. The van der Waals surface area contributed by atoms with Crippen molar-refractivity contribution in [1.82, 2.24) is 14.7 Å². The first-order valence-electron chi connectivity index (χ1n) is 8.76. The average molecular weight is 313 g/mol. The van der Waals surface area contributed by atoms with Gasteiger partial charge in [-0.3, -0.25) is 9.58 Å². The molecule has 4 heteroatoms. The van der Waals surface area contributed by atoms with Crippen LogP contribution < -0.4 is 0 Å². The first kappa shape index (κ1) is 16.2. The molecule has 0 radical (unpaired) electrons. The Hall–Kier alpha value is -1.65. The molecule has 0 saturated heterocycles. The van der Waals surface area contributed by atoms with E-state index < -0.39 is 0 Å². The van der Waals surface area contributed by atoms with Gasteiger partial charge < -0.3 is 5.11 Å². The summed E-state index contributed by atoms with van der Waals surface area (Å²) in [5.41, 5.74) is 4.22. The van der Waals surface area contributed by atoms with E-state index in [2.05, 4.69) is 47.4 Å². The van der Waals surface area contributed by atoms with Crippen molar-refractivity contribution >= 4 is 0 Å². The second kappa shape index (κ2) is 7.75. The van der Waals surface area contributed by atoms with Gasteiger partial charge in [0.2, 0.25) is 0 Å². The van der Waals surface area contributed by atoms with Crippen LogP contribution in [-0.4, -0.2) is 32.9 Å². The second-order valence-corrected chi connectivity index (χ2v) is 6.36. The maximum atomic E-state index is 9.27. The molecule has 1 N–H and O–H groups in total. The fraction of sp³-hybridized carbons (Fsp3) is 0.526. The zero-order chi connectivity index (χ0) is 16.1. The summed E-state index contributed by atoms with van der Waals surface area (Å²) in [4.78, 5) is 2.52. The Morgan fingerprint density at radius 3 is 3.00 bits per heavy atom. The molecule has 1 aromatic carbocycles. The molecule has 23 heavy (non-hydrogen) atoms. The summed E-state index contributed by atoms with van der Waals surface area (Å²) in [5.74, 6) is 0. The average Bonchev–Trinajstić information content (AvgIpc) is 3.06. The number of rotatable bonds is 7. The molecule has 1 aromatic heterocycles. The van der Waals surface area contributed by atoms with Crippen LogP contribution in [0.4, 0.5) is 0 Å². The summed E-state index contributed by atoms with van der Waals surface area (Å²) in [7, 11) is 0. The van der Waals surface area contributed by atoms with Crippen molar-refractivity contribution in [1.29, 1.82) is 0 Å². The number of hydrogen-bond donors (Lipinski definition) is 1. The molecule has 0 spiro atoms. The van der Waals surface area contributed by atoms with Crippen molar-refractivity contribution in [3.05, 3.63) is 53.3 Å². The predicted molar refractivity (Wildman–Crippen MR) is 92.1 cm³/mol. The second-order valence-electron chi connectivity index (χ2n) is 6.36. The zero-order valence-electron chi connectivity index (χ0n) is 14.0. The maximum Gasteiger partial charge on any atom is 0.0534 e. The topological polar surface area (TPSA) is 41.3 Å². The highest BCUT2D eigenvalue weighted by atomic mass is 16.3. The van der Waals surface area contributed by atoms with Crippen LogP contribution in [0.25, 0.3) is 0 Å². The summed E-state index contributed by atoms with van der Waals surface area (Å²) in [6.07, 6.45) is 8.57. The fourth-order valence-corrected chi connectivity index (χ4v) is 3.62. The first-order valence-corrected chi connectivity index (χ1v) is 8.76. The third kappa shape index (κ3) is 3.82. The Balaban J connectivity index is 1.81. The molecule has 1 atom stereocenters. The molecule has 124 valence electrons. The molecule has 0 aliphatic heterocycles. The van der Waals surface area contributed by atoms with Crippen LogP contribution in [0.1, 0.15) is 48.9 Å². The van der Waals surface area contributed by atoms with Crippen LogP contribution in [0.15, 0.2) is 36.7 Å². The van der Waals surface area contributed by atoms with Gasteiger partial charge in [0.25, 0.3) is 0 Å². The highest BCUT2D eigenvalue weighted by Gasteiger charge is 2.25. The van der Waals surface area contributed by atoms with Crippen LogP contribution in [-0.2, 0) is 19.5 Å². The lowest BCUT2D eigenvalue weighted by Crippen LogP contribution is -2.32. The lowest BCUT2D eigenvalue weighted by Gasteiger charge is -2.35. The molecule has 4 nitrogen and oxygen atoms in total. The van der Waals surface area contributed by atoms with E-state index in [-0.39, 0.29) is 6.61 Å². The van der Waals surface area contributed by atoms with Crippen LogP contribution >= 0.6 is 0 Å². The van der Waals surface area contributed by atoms with Crippen molar-refractivity contribution in [2.75, 3.05) is 13.2 Å². The zero-order valence-corrected chi connectivity index (χ0v) is 14.0. The van der Waals surface area contributed by atoms with E-state index in [1.165, 1.54) is 36.0 Å². The highest BCUT2D eigenvalue weighted by molar-refractivity contribution is 5.32. The molecule has 0 bridgehead atoms. The minimum absolute atomic E-state index is 0.249. The smallest absolute Gasteiger partial charge is 0.0534 e. The number of aryl methyl sites for hydroxylation is 2. The third-order valence-electron chi connectivity index (χ3n) is 4.78. The van der Waals surface area contributed by atoms with Crippen molar-refractivity contribution in [2.45, 2.75) is 51.7 Å². The van der Waals surface area contributed by atoms with Crippen LogP contribution in [0, 0.1) is 0 Å². The Morgan fingerprint density at radius 1 is 1.35 bits per heavy atom. The number of fused-ring (bicyclic) bond motifs is 1. The van der Waals surface area contributed by atoms with Crippen LogP contribution in [0.2, 0.25) is 0 Å². The Labute approximate surface area is 138 Å². The fourth-order valence-electron chi connectivity index (χ4n) is 3.62. The SMILES string of the molecule is CCn1cc(CN(CCCO)C2CCCc3ccccc32)cn1. The number of aromatic nitrogens is 2. The predicted octanol–water partition coefficient (Wildman–Crippen LogP) is 3.17. The largest absolute Gasteiger partial charge is 0.396 e. The van der Waals surface area contributed by atoms with E-state index in [1.54, 1.807) is 0 Å². The summed E-state index contributed by atoms with van der Waals surface area (Å²) >= 11 is 0. The van der Waals surface area contributed by atoms with Gasteiger partial charge in [0, 0.05) is 44.0 Å². The van der Waals surface area contributed by atoms with Crippen molar-refractivity contribution in [3.8, 4) is 0 Å². The molecule has 1 aliphatic rings. The Morgan fingerprint density at radius 2 is 2.22 bits per heavy atom.